The zero-order valence-electron chi connectivity index (χ0n) is 12.6. The molecule has 1 N–H and O–H groups in total. The van der Waals surface area contributed by atoms with Crippen molar-refractivity contribution in [3.8, 4) is 0 Å². The monoisotopic (exact) mass is 344 g/mol. The van der Waals surface area contributed by atoms with Crippen molar-refractivity contribution < 1.29 is 9.18 Å². The number of pyridine rings is 1. The Kier molecular flexibility index (Phi) is 4.62. The first-order chi connectivity index (χ1) is 11.5. The van der Waals surface area contributed by atoms with E-state index >= 15 is 0 Å². The fraction of sp³-hybridized carbons (Fsp3) is 0.111. The van der Waals surface area contributed by atoms with Crippen LogP contribution in [0.4, 0.5) is 4.39 Å². The number of hydrogen-bond acceptors (Lipinski definition) is 2. The van der Waals surface area contributed by atoms with Crippen LogP contribution >= 0.6 is 11.6 Å². The number of rotatable bonds is 4. The van der Waals surface area contributed by atoms with Gasteiger partial charge in [0.2, 0.25) is 5.91 Å². The summed E-state index contributed by atoms with van der Waals surface area (Å²) < 4.78 is 14.9. The van der Waals surface area contributed by atoms with Crippen LogP contribution in [0.25, 0.3) is 10.9 Å². The lowest BCUT2D eigenvalue weighted by Gasteiger charge is -2.11. The fourth-order valence-electron chi connectivity index (χ4n) is 2.44. The standard InChI is InChI=1S/C18H14ClFN2O2/c19-13-3-1-12(2-4-13)10-21-18(24)11-22-8-7-17(23)15-9-14(20)5-6-16(15)22/h1-9H,10-11H2,(H,21,24). The molecule has 0 atom stereocenters. The topological polar surface area (TPSA) is 51.1 Å². The highest BCUT2D eigenvalue weighted by Crippen LogP contribution is 2.12. The summed E-state index contributed by atoms with van der Waals surface area (Å²) >= 11 is 5.82. The quantitative estimate of drug-likeness (QED) is 0.790. The first kappa shape index (κ1) is 16.2. The third-order valence-electron chi connectivity index (χ3n) is 3.66. The van der Waals surface area contributed by atoms with Gasteiger partial charge in [-0.25, -0.2) is 4.39 Å². The molecule has 0 aliphatic carbocycles. The Bertz CT molecular complexity index is 951. The maximum Gasteiger partial charge on any atom is 0.240 e. The molecule has 3 aromatic rings. The molecule has 122 valence electrons. The van der Waals surface area contributed by atoms with E-state index in [0.717, 1.165) is 5.56 Å². The van der Waals surface area contributed by atoms with Gasteiger partial charge in [-0.2, -0.15) is 0 Å². The van der Waals surface area contributed by atoms with Crippen LogP contribution in [-0.4, -0.2) is 10.5 Å². The number of halogens is 2. The minimum absolute atomic E-state index is 0.0377. The van der Waals surface area contributed by atoms with Gasteiger partial charge in [0, 0.05) is 29.2 Å². The van der Waals surface area contributed by atoms with E-state index in [1.165, 1.54) is 30.5 Å². The number of nitrogens with zero attached hydrogens (tertiary/aromatic N) is 1. The average Bonchev–Trinajstić information content (AvgIpc) is 2.57. The van der Waals surface area contributed by atoms with Gasteiger partial charge in [0.1, 0.15) is 12.4 Å². The predicted octanol–water partition coefficient (Wildman–Crippen LogP) is 3.11. The highest BCUT2D eigenvalue weighted by Gasteiger charge is 2.08. The summed E-state index contributed by atoms with van der Waals surface area (Å²) in [5.74, 6) is -0.691. The Balaban J connectivity index is 1.75. The molecule has 4 nitrogen and oxygen atoms in total. The summed E-state index contributed by atoms with van der Waals surface area (Å²) in [5.41, 5.74) is 1.17. The largest absolute Gasteiger partial charge is 0.350 e. The molecule has 1 amide bonds. The van der Waals surface area contributed by atoms with Crippen molar-refractivity contribution in [2.75, 3.05) is 0 Å². The molecule has 0 aliphatic rings. The van der Waals surface area contributed by atoms with Crippen molar-refractivity contribution in [2.45, 2.75) is 13.1 Å². The summed E-state index contributed by atoms with van der Waals surface area (Å²) in [5, 5.41) is 3.69. The van der Waals surface area contributed by atoms with Gasteiger partial charge in [0.25, 0.3) is 0 Å². The summed E-state index contributed by atoms with van der Waals surface area (Å²) in [6, 6.07) is 12.5. The van der Waals surface area contributed by atoms with Crippen LogP contribution in [0.5, 0.6) is 0 Å². The lowest BCUT2D eigenvalue weighted by Crippen LogP contribution is -2.27. The molecule has 0 saturated heterocycles. The van der Waals surface area contributed by atoms with Gasteiger partial charge in [-0.05, 0) is 35.9 Å². The zero-order chi connectivity index (χ0) is 17.1. The summed E-state index contributed by atoms with van der Waals surface area (Å²) in [6.45, 7) is 0.415. The molecule has 0 radical (unpaired) electrons. The van der Waals surface area contributed by atoms with Gasteiger partial charge in [-0.3, -0.25) is 9.59 Å². The molecule has 1 aromatic heterocycles. The minimum Gasteiger partial charge on any atom is -0.350 e. The van der Waals surface area contributed by atoms with Crippen molar-refractivity contribution in [1.82, 2.24) is 9.88 Å². The first-order valence-corrected chi connectivity index (χ1v) is 7.70. The lowest BCUT2D eigenvalue weighted by atomic mass is 10.2. The molecule has 3 rings (SSSR count). The van der Waals surface area contributed by atoms with Gasteiger partial charge in [0.05, 0.1) is 5.52 Å². The van der Waals surface area contributed by atoms with Crippen LogP contribution in [-0.2, 0) is 17.9 Å². The summed E-state index contributed by atoms with van der Waals surface area (Å²) in [4.78, 5) is 24.0. The number of benzene rings is 2. The van der Waals surface area contributed by atoms with E-state index in [-0.39, 0.29) is 23.3 Å². The fourth-order valence-corrected chi connectivity index (χ4v) is 2.56. The van der Waals surface area contributed by atoms with E-state index in [9.17, 15) is 14.0 Å². The number of carbonyl (C=O) groups excluding carboxylic acids is 1. The van der Waals surface area contributed by atoms with Crippen molar-refractivity contribution in [2.24, 2.45) is 0 Å². The summed E-state index contributed by atoms with van der Waals surface area (Å²) in [7, 11) is 0. The Morgan fingerprint density at radius 1 is 1.12 bits per heavy atom. The lowest BCUT2D eigenvalue weighted by molar-refractivity contribution is -0.121. The molecule has 0 aliphatic heterocycles. The van der Waals surface area contributed by atoms with E-state index in [1.807, 2.05) is 12.1 Å². The van der Waals surface area contributed by atoms with Gasteiger partial charge in [-0.1, -0.05) is 23.7 Å². The summed E-state index contributed by atoms with van der Waals surface area (Å²) in [6.07, 6.45) is 1.53. The second kappa shape index (κ2) is 6.84. The molecule has 6 heteroatoms. The maximum atomic E-state index is 13.3. The Hall–Kier alpha value is -2.66. The molecule has 0 unspecified atom stereocenters. The van der Waals surface area contributed by atoms with E-state index < -0.39 is 5.82 Å². The zero-order valence-corrected chi connectivity index (χ0v) is 13.4. The average molecular weight is 345 g/mol. The van der Waals surface area contributed by atoms with Crippen molar-refractivity contribution in [1.29, 1.82) is 0 Å². The molecule has 2 aromatic carbocycles. The van der Waals surface area contributed by atoms with E-state index in [2.05, 4.69) is 5.32 Å². The smallest absolute Gasteiger partial charge is 0.240 e. The third-order valence-corrected chi connectivity index (χ3v) is 3.91. The van der Waals surface area contributed by atoms with E-state index in [4.69, 9.17) is 11.6 Å². The normalized spacial score (nSPS) is 10.8. The van der Waals surface area contributed by atoms with Crippen LogP contribution < -0.4 is 10.7 Å². The van der Waals surface area contributed by atoms with E-state index in [0.29, 0.717) is 17.1 Å². The molecule has 0 fully saturated rings. The van der Waals surface area contributed by atoms with Gasteiger partial charge in [-0.15, -0.1) is 0 Å². The highest BCUT2D eigenvalue weighted by molar-refractivity contribution is 6.30. The van der Waals surface area contributed by atoms with Crippen LogP contribution in [0, 0.1) is 5.82 Å². The second-order valence-corrected chi connectivity index (χ2v) is 5.81. The van der Waals surface area contributed by atoms with Gasteiger partial charge < -0.3 is 9.88 Å². The molecule has 0 bridgehead atoms. The van der Waals surface area contributed by atoms with Gasteiger partial charge >= 0.3 is 0 Å². The Morgan fingerprint density at radius 3 is 2.62 bits per heavy atom. The molecule has 0 saturated carbocycles. The number of aromatic nitrogens is 1. The molecule has 0 spiro atoms. The molecular weight excluding hydrogens is 331 g/mol. The van der Waals surface area contributed by atoms with Crippen LogP contribution in [0.15, 0.2) is 59.5 Å². The van der Waals surface area contributed by atoms with Crippen molar-refractivity contribution in [3.05, 3.63) is 81.4 Å². The van der Waals surface area contributed by atoms with Crippen LogP contribution in [0.3, 0.4) is 0 Å². The van der Waals surface area contributed by atoms with Crippen molar-refractivity contribution in [3.63, 3.8) is 0 Å². The van der Waals surface area contributed by atoms with E-state index in [1.54, 1.807) is 16.7 Å². The Morgan fingerprint density at radius 2 is 1.88 bits per heavy atom. The van der Waals surface area contributed by atoms with Gasteiger partial charge in [0.15, 0.2) is 5.43 Å². The van der Waals surface area contributed by atoms with Crippen LogP contribution in [0.2, 0.25) is 5.02 Å². The number of carbonyl (C=O) groups is 1. The molecular formula is C18H14ClFN2O2. The number of fused-ring (bicyclic) bond motifs is 1. The maximum absolute atomic E-state index is 13.3. The molecule has 24 heavy (non-hydrogen) atoms. The SMILES string of the molecule is O=C(Cn1ccc(=O)c2cc(F)ccc21)NCc1ccc(Cl)cc1. The van der Waals surface area contributed by atoms with Crippen molar-refractivity contribution >= 4 is 28.4 Å². The Labute approximate surface area is 142 Å². The highest BCUT2D eigenvalue weighted by atomic mass is 35.5. The minimum atomic E-state index is -0.482. The number of hydrogen-bond donors (Lipinski definition) is 1. The molecule has 1 heterocycles. The predicted molar refractivity (Wildman–Crippen MR) is 91.5 cm³/mol. The van der Waals surface area contributed by atoms with Crippen LogP contribution in [0.1, 0.15) is 5.56 Å². The number of nitrogens with one attached hydrogen (secondary N) is 1. The number of amides is 1. The third kappa shape index (κ3) is 3.63. The second-order valence-electron chi connectivity index (χ2n) is 5.37. The first-order valence-electron chi connectivity index (χ1n) is 7.33.